The van der Waals surface area contributed by atoms with Crippen LogP contribution in [0.3, 0.4) is 0 Å². The Bertz CT molecular complexity index is 394. The van der Waals surface area contributed by atoms with Gasteiger partial charge < -0.3 is 11.5 Å². The highest BCUT2D eigenvalue weighted by Gasteiger charge is 2.43. The molecule has 3 aliphatic rings. The lowest BCUT2D eigenvalue weighted by Crippen LogP contribution is -2.51. The van der Waals surface area contributed by atoms with Crippen molar-refractivity contribution in [2.24, 2.45) is 23.3 Å². The highest BCUT2D eigenvalue weighted by molar-refractivity contribution is 4.98. The molecule has 3 fully saturated rings. The van der Waals surface area contributed by atoms with Gasteiger partial charge in [-0.2, -0.15) is 0 Å². The van der Waals surface area contributed by atoms with Crippen molar-refractivity contribution >= 4 is 0 Å². The van der Waals surface area contributed by atoms with Gasteiger partial charge in [0.25, 0.3) is 0 Å². The zero-order valence-corrected chi connectivity index (χ0v) is 15.5. The molecular formula is C20H39N3. The Kier molecular flexibility index (Phi) is 5.40. The molecule has 0 aromatic rings. The van der Waals surface area contributed by atoms with Gasteiger partial charge in [0, 0.05) is 30.2 Å². The van der Waals surface area contributed by atoms with E-state index >= 15 is 0 Å². The maximum Gasteiger partial charge on any atom is 0.0182 e. The molecule has 5 atom stereocenters. The lowest BCUT2D eigenvalue weighted by molar-refractivity contribution is 0.0398. The molecule has 0 amide bonds. The third-order valence-electron chi connectivity index (χ3n) is 7.42. The summed E-state index contributed by atoms with van der Waals surface area (Å²) in [7, 11) is 0. The van der Waals surface area contributed by atoms with Crippen molar-refractivity contribution in [3.63, 3.8) is 0 Å². The molecule has 0 aromatic carbocycles. The Labute approximate surface area is 143 Å². The molecule has 1 heterocycles. The lowest BCUT2D eigenvalue weighted by Gasteiger charge is -2.46. The van der Waals surface area contributed by atoms with Gasteiger partial charge in [-0.15, -0.1) is 0 Å². The van der Waals surface area contributed by atoms with Gasteiger partial charge in [-0.1, -0.05) is 25.7 Å². The van der Waals surface area contributed by atoms with Crippen LogP contribution in [0.2, 0.25) is 0 Å². The molecule has 2 saturated carbocycles. The van der Waals surface area contributed by atoms with Crippen molar-refractivity contribution in [3.05, 3.63) is 0 Å². The van der Waals surface area contributed by atoms with Gasteiger partial charge in [-0.25, -0.2) is 0 Å². The van der Waals surface area contributed by atoms with Crippen LogP contribution in [0.5, 0.6) is 0 Å². The highest BCUT2D eigenvalue weighted by atomic mass is 15.2. The number of nitrogens with zero attached hydrogens (tertiary/aromatic N) is 1. The van der Waals surface area contributed by atoms with Gasteiger partial charge in [0.1, 0.15) is 0 Å². The van der Waals surface area contributed by atoms with E-state index in [1.54, 1.807) is 0 Å². The standard InChI is InChI=1S/C20H39N3/c1-19(22)10-5-3-4-6-11-20(2,13-12-19)23-14-9-18(21)17-8-7-16(17)15-23/h16-18H,3-15,21-22H2,1-2H3/t16?,17?,18-,19?,20?/m0/s1. The van der Waals surface area contributed by atoms with Crippen LogP contribution < -0.4 is 11.5 Å². The molecule has 3 heteroatoms. The first-order valence-corrected chi connectivity index (χ1v) is 10.2. The molecule has 134 valence electrons. The van der Waals surface area contributed by atoms with Crippen LogP contribution in [-0.4, -0.2) is 35.1 Å². The van der Waals surface area contributed by atoms with Crippen LogP contribution in [0.25, 0.3) is 0 Å². The lowest BCUT2D eigenvalue weighted by atomic mass is 9.69. The van der Waals surface area contributed by atoms with Crippen LogP contribution in [0, 0.1) is 11.8 Å². The van der Waals surface area contributed by atoms with Gasteiger partial charge >= 0.3 is 0 Å². The molecule has 3 rings (SSSR count). The predicted molar refractivity (Wildman–Crippen MR) is 98.3 cm³/mol. The average Bonchev–Trinajstić information content (AvgIpc) is 2.57. The minimum Gasteiger partial charge on any atom is -0.327 e. The topological polar surface area (TPSA) is 55.3 Å². The highest BCUT2D eigenvalue weighted by Crippen LogP contribution is 2.43. The van der Waals surface area contributed by atoms with E-state index in [-0.39, 0.29) is 5.54 Å². The first-order valence-electron chi connectivity index (χ1n) is 10.2. The fourth-order valence-corrected chi connectivity index (χ4v) is 5.28. The Morgan fingerprint density at radius 2 is 1.61 bits per heavy atom. The van der Waals surface area contributed by atoms with Crippen molar-refractivity contribution < 1.29 is 0 Å². The van der Waals surface area contributed by atoms with E-state index < -0.39 is 0 Å². The van der Waals surface area contributed by atoms with E-state index in [1.807, 2.05) is 0 Å². The summed E-state index contributed by atoms with van der Waals surface area (Å²) in [5, 5.41) is 0. The first kappa shape index (κ1) is 17.7. The van der Waals surface area contributed by atoms with E-state index in [1.165, 1.54) is 83.7 Å². The van der Waals surface area contributed by atoms with E-state index in [9.17, 15) is 0 Å². The summed E-state index contributed by atoms with van der Waals surface area (Å²) in [5.41, 5.74) is 13.4. The largest absolute Gasteiger partial charge is 0.327 e. The van der Waals surface area contributed by atoms with E-state index in [4.69, 9.17) is 11.5 Å². The number of fused-ring (bicyclic) bond motifs is 1. The molecule has 1 aliphatic heterocycles. The molecule has 0 radical (unpaired) electrons. The summed E-state index contributed by atoms with van der Waals surface area (Å²) in [6.45, 7) is 7.28. The Hall–Kier alpha value is -0.120. The van der Waals surface area contributed by atoms with Crippen LogP contribution >= 0.6 is 0 Å². The molecule has 0 bridgehead atoms. The van der Waals surface area contributed by atoms with Crippen LogP contribution in [-0.2, 0) is 0 Å². The summed E-state index contributed by atoms with van der Waals surface area (Å²) in [6.07, 6.45) is 14.4. The molecule has 0 aromatic heterocycles. The number of hydrogen-bond acceptors (Lipinski definition) is 3. The molecule has 4 unspecified atom stereocenters. The van der Waals surface area contributed by atoms with Crippen molar-refractivity contribution in [2.45, 2.75) is 102 Å². The van der Waals surface area contributed by atoms with Crippen molar-refractivity contribution in [2.75, 3.05) is 13.1 Å². The third-order valence-corrected chi connectivity index (χ3v) is 7.42. The van der Waals surface area contributed by atoms with Gasteiger partial charge in [-0.05, 0) is 70.6 Å². The quantitative estimate of drug-likeness (QED) is 0.775. The smallest absolute Gasteiger partial charge is 0.0182 e. The van der Waals surface area contributed by atoms with Crippen molar-refractivity contribution in [1.29, 1.82) is 0 Å². The van der Waals surface area contributed by atoms with Gasteiger partial charge in [-0.3, -0.25) is 4.90 Å². The second-order valence-electron chi connectivity index (χ2n) is 9.47. The Morgan fingerprint density at radius 3 is 2.30 bits per heavy atom. The third kappa shape index (κ3) is 4.11. The minimum atomic E-state index is 0.0276. The molecule has 0 spiro atoms. The Morgan fingerprint density at radius 1 is 0.870 bits per heavy atom. The molecule has 3 nitrogen and oxygen atoms in total. The summed E-state index contributed by atoms with van der Waals surface area (Å²) in [6, 6.07) is 0.446. The first-order chi connectivity index (χ1) is 10.9. The molecule has 4 N–H and O–H groups in total. The minimum absolute atomic E-state index is 0.0276. The maximum atomic E-state index is 6.59. The number of hydrogen-bond donors (Lipinski definition) is 2. The monoisotopic (exact) mass is 321 g/mol. The number of rotatable bonds is 1. The number of likely N-dealkylation sites (tertiary alicyclic amines) is 1. The predicted octanol–water partition coefficient (Wildman–Crippen LogP) is 3.66. The maximum absolute atomic E-state index is 6.59. The fraction of sp³-hybridized carbons (Fsp3) is 1.00. The summed E-state index contributed by atoms with van der Waals surface area (Å²) < 4.78 is 0. The van der Waals surface area contributed by atoms with Gasteiger partial charge in [0.05, 0.1) is 0 Å². The fourth-order valence-electron chi connectivity index (χ4n) is 5.28. The average molecular weight is 322 g/mol. The summed E-state index contributed by atoms with van der Waals surface area (Å²) >= 11 is 0. The second kappa shape index (κ2) is 7.01. The normalized spacial score (nSPS) is 47.2. The SMILES string of the molecule is CC1(N)CCCCCCC(C)(N2CC[C@H](N)C3CCC3C2)CC1. The zero-order chi connectivity index (χ0) is 16.5. The van der Waals surface area contributed by atoms with Crippen LogP contribution in [0.4, 0.5) is 0 Å². The van der Waals surface area contributed by atoms with Crippen molar-refractivity contribution in [3.8, 4) is 0 Å². The second-order valence-corrected chi connectivity index (χ2v) is 9.47. The summed E-state index contributed by atoms with van der Waals surface area (Å²) in [4.78, 5) is 2.83. The Balaban J connectivity index is 1.70. The van der Waals surface area contributed by atoms with E-state index in [2.05, 4.69) is 18.7 Å². The van der Waals surface area contributed by atoms with Gasteiger partial charge in [0.2, 0.25) is 0 Å². The van der Waals surface area contributed by atoms with Crippen molar-refractivity contribution in [1.82, 2.24) is 4.90 Å². The van der Waals surface area contributed by atoms with Crippen LogP contribution in [0.15, 0.2) is 0 Å². The van der Waals surface area contributed by atoms with E-state index in [0.29, 0.717) is 11.6 Å². The molecule has 23 heavy (non-hydrogen) atoms. The number of nitrogens with two attached hydrogens (primary N) is 2. The van der Waals surface area contributed by atoms with Gasteiger partial charge in [0.15, 0.2) is 0 Å². The summed E-state index contributed by atoms with van der Waals surface area (Å²) in [5.74, 6) is 1.67. The molecular weight excluding hydrogens is 282 g/mol. The zero-order valence-electron chi connectivity index (χ0n) is 15.5. The van der Waals surface area contributed by atoms with Crippen LogP contribution in [0.1, 0.15) is 84.5 Å². The molecule has 2 aliphatic carbocycles. The van der Waals surface area contributed by atoms with E-state index in [0.717, 1.165) is 11.8 Å². The molecule has 1 saturated heterocycles.